The summed E-state index contributed by atoms with van der Waals surface area (Å²) in [7, 11) is 3.06. The zero-order valence-corrected chi connectivity index (χ0v) is 15.0. The molecule has 0 aromatic heterocycles. The molecule has 0 heterocycles. The number of hydrogen-bond acceptors (Lipinski definition) is 5. The summed E-state index contributed by atoms with van der Waals surface area (Å²) in [4.78, 5) is 12.2. The Morgan fingerprint density at radius 3 is 2.52 bits per heavy atom. The van der Waals surface area contributed by atoms with Gasteiger partial charge in [-0.05, 0) is 43.3 Å². The van der Waals surface area contributed by atoms with E-state index in [0.717, 1.165) is 0 Å². The molecule has 0 aliphatic heterocycles. The van der Waals surface area contributed by atoms with Gasteiger partial charge in [0.25, 0.3) is 5.91 Å². The first-order valence-electron chi connectivity index (χ1n) is 7.56. The average molecular weight is 363 g/mol. The number of rotatable bonds is 7. The average Bonchev–Trinajstić information content (AvgIpc) is 2.62. The third-order valence-corrected chi connectivity index (χ3v) is 3.52. The Kier molecular flexibility index (Phi) is 6.65. The highest BCUT2D eigenvalue weighted by Gasteiger charge is 2.10. The molecule has 25 heavy (non-hydrogen) atoms. The number of ether oxygens (including phenoxy) is 3. The summed E-state index contributed by atoms with van der Waals surface area (Å²) in [6.07, 6.45) is 1.47. The van der Waals surface area contributed by atoms with E-state index in [9.17, 15) is 4.79 Å². The Bertz CT molecular complexity index is 778. The van der Waals surface area contributed by atoms with Gasteiger partial charge in [-0.25, -0.2) is 5.43 Å². The standard InChI is InChI=1S/C18H19ClN2O4/c1-4-25-16-7-5-12(10-17(16)24-3)18(22)21-20-11-13-9-14(19)6-8-15(13)23-2/h5-11H,4H2,1-3H3,(H,21,22)/b20-11+. The number of benzene rings is 2. The fourth-order valence-corrected chi connectivity index (χ4v) is 2.30. The lowest BCUT2D eigenvalue weighted by atomic mass is 10.2. The molecule has 0 aliphatic carbocycles. The summed E-state index contributed by atoms with van der Waals surface area (Å²) >= 11 is 5.95. The highest BCUT2D eigenvalue weighted by atomic mass is 35.5. The normalized spacial score (nSPS) is 10.6. The van der Waals surface area contributed by atoms with Gasteiger partial charge in [0.1, 0.15) is 5.75 Å². The summed E-state index contributed by atoms with van der Waals surface area (Å²) < 4.78 is 15.9. The maximum absolute atomic E-state index is 12.2. The van der Waals surface area contributed by atoms with E-state index in [4.69, 9.17) is 25.8 Å². The first-order chi connectivity index (χ1) is 12.1. The van der Waals surface area contributed by atoms with Crippen LogP contribution in [0.1, 0.15) is 22.8 Å². The molecule has 0 atom stereocenters. The lowest BCUT2D eigenvalue weighted by Gasteiger charge is -2.10. The third kappa shape index (κ3) is 4.87. The van der Waals surface area contributed by atoms with Crippen molar-refractivity contribution in [3.8, 4) is 17.2 Å². The van der Waals surface area contributed by atoms with Crippen LogP contribution in [0.2, 0.25) is 5.02 Å². The molecule has 0 aliphatic rings. The molecular formula is C18H19ClN2O4. The van der Waals surface area contributed by atoms with Crippen LogP contribution in [0.4, 0.5) is 0 Å². The number of carbonyl (C=O) groups is 1. The molecule has 6 nitrogen and oxygen atoms in total. The van der Waals surface area contributed by atoms with E-state index in [1.54, 1.807) is 43.5 Å². The van der Waals surface area contributed by atoms with E-state index < -0.39 is 0 Å². The second-order valence-corrected chi connectivity index (χ2v) is 5.32. The lowest BCUT2D eigenvalue weighted by Crippen LogP contribution is -2.17. The maximum atomic E-state index is 12.2. The molecule has 0 fully saturated rings. The molecular weight excluding hydrogens is 344 g/mol. The summed E-state index contributed by atoms with van der Waals surface area (Å²) in [5.74, 6) is 1.28. The van der Waals surface area contributed by atoms with E-state index in [1.807, 2.05) is 6.92 Å². The Balaban J connectivity index is 2.11. The largest absolute Gasteiger partial charge is 0.496 e. The van der Waals surface area contributed by atoms with E-state index in [-0.39, 0.29) is 5.91 Å². The third-order valence-electron chi connectivity index (χ3n) is 3.29. The molecule has 2 aromatic rings. The van der Waals surface area contributed by atoms with Crippen LogP contribution in [0.25, 0.3) is 0 Å². The molecule has 0 saturated heterocycles. The van der Waals surface area contributed by atoms with Crippen LogP contribution in [-0.4, -0.2) is 32.9 Å². The molecule has 0 saturated carbocycles. The Labute approximate surface area is 151 Å². The van der Waals surface area contributed by atoms with Crippen molar-refractivity contribution in [3.63, 3.8) is 0 Å². The van der Waals surface area contributed by atoms with E-state index in [2.05, 4.69) is 10.5 Å². The second kappa shape index (κ2) is 8.94. The first kappa shape index (κ1) is 18.6. The molecule has 132 valence electrons. The number of amides is 1. The van der Waals surface area contributed by atoms with Crippen molar-refractivity contribution in [3.05, 3.63) is 52.5 Å². The summed E-state index contributed by atoms with van der Waals surface area (Å²) in [5.41, 5.74) is 3.51. The quantitative estimate of drug-likeness (QED) is 0.604. The van der Waals surface area contributed by atoms with Crippen molar-refractivity contribution in [1.82, 2.24) is 5.43 Å². The molecule has 0 unspecified atom stereocenters. The van der Waals surface area contributed by atoms with Gasteiger partial charge in [0.15, 0.2) is 11.5 Å². The van der Waals surface area contributed by atoms with Crippen LogP contribution < -0.4 is 19.6 Å². The fourth-order valence-electron chi connectivity index (χ4n) is 2.11. The van der Waals surface area contributed by atoms with Gasteiger partial charge in [-0.15, -0.1) is 0 Å². The molecule has 2 aromatic carbocycles. The zero-order chi connectivity index (χ0) is 18.2. The van der Waals surface area contributed by atoms with Gasteiger partial charge in [-0.1, -0.05) is 11.6 Å². The molecule has 1 N–H and O–H groups in total. The van der Waals surface area contributed by atoms with Gasteiger partial charge in [0, 0.05) is 16.1 Å². The minimum Gasteiger partial charge on any atom is -0.496 e. The van der Waals surface area contributed by atoms with Crippen LogP contribution in [-0.2, 0) is 0 Å². The van der Waals surface area contributed by atoms with Crippen molar-refractivity contribution in [2.45, 2.75) is 6.92 Å². The predicted molar refractivity (Wildman–Crippen MR) is 97.2 cm³/mol. The Morgan fingerprint density at radius 2 is 1.84 bits per heavy atom. The summed E-state index contributed by atoms with van der Waals surface area (Å²) in [5, 5.41) is 4.49. The van der Waals surface area contributed by atoms with Crippen LogP contribution in [0, 0.1) is 0 Å². The number of nitrogens with zero attached hydrogens (tertiary/aromatic N) is 1. The monoisotopic (exact) mass is 362 g/mol. The van der Waals surface area contributed by atoms with Crippen LogP contribution in [0.15, 0.2) is 41.5 Å². The Morgan fingerprint density at radius 1 is 1.12 bits per heavy atom. The van der Waals surface area contributed by atoms with Crippen molar-refractivity contribution in [2.75, 3.05) is 20.8 Å². The number of hydrazone groups is 1. The van der Waals surface area contributed by atoms with Crippen LogP contribution in [0.5, 0.6) is 17.2 Å². The minimum absolute atomic E-state index is 0.376. The zero-order valence-electron chi connectivity index (χ0n) is 14.2. The van der Waals surface area contributed by atoms with Gasteiger partial charge < -0.3 is 14.2 Å². The van der Waals surface area contributed by atoms with E-state index in [1.165, 1.54) is 13.3 Å². The molecule has 2 rings (SSSR count). The van der Waals surface area contributed by atoms with E-state index in [0.29, 0.717) is 40.0 Å². The number of halogens is 1. The number of hydrogen-bond donors (Lipinski definition) is 1. The van der Waals surface area contributed by atoms with Crippen molar-refractivity contribution in [2.24, 2.45) is 5.10 Å². The summed E-state index contributed by atoms with van der Waals surface area (Å²) in [6, 6.07) is 10.0. The molecule has 0 radical (unpaired) electrons. The second-order valence-electron chi connectivity index (χ2n) is 4.88. The SMILES string of the molecule is CCOc1ccc(C(=O)N/N=C/c2cc(Cl)ccc2OC)cc1OC. The first-order valence-corrected chi connectivity index (χ1v) is 7.94. The number of methoxy groups -OCH3 is 2. The lowest BCUT2D eigenvalue weighted by molar-refractivity contribution is 0.0954. The highest BCUT2D eigenvalue weighted by Crippen LogP contribution is 2.28. The smallest absolute Gasteiger partial charge is 0.271 e. The molecule has 1 amide bonds. The number of carbonyl (C=O) groups excluding carboxylic acids is 1. The van der Waals surface area contributed by atoms with Gasteiger partial charge >= 0.3 is 0 Å². The van der Waals surface area contributed by atoms with Gasteiger partial charge in [-0.3, -0.25) is 4.79 Å². The van der Waals surface area contributed by atoms with Crippen LogP contribution in [0.3, 0.4) is 0 Å². The highest BCUT2D eigenvalue weighted by molar-refractivity contribution is 6.30. The van der Waals surface area contributed by atoms with Gasteiger partial charge in [0.05, 0.1) is 27.0 Å². The molecule has 7 heteroatoms. The summed E-state index contributed by atoms with van der Waals surface area (Å²) in [6.45, 7) is 2.38. The number of nitrogens with one attached hydrogen (secondary N) is 1. The van der Waals surface area contributed by atoms with Crippen molar-refractivity contribution < 1.29 is 19.0 Å². The minimum atomic E-state index is -0.376. The molecule has 0 spiro atoms. The maximum Gasteiger partial charge on any atom is 0.271 e. The topological polar surface area (TPSA) is 69.2 Å². The molecule has 0 bridgehead atoms. The van der Waals surface area contributed by atoms with Gasteiger partial charge in [-0.2, -0.15) is 5.10 Å². The fraction of sp³-hybridized carbons (Fsp3) is 0.222. The Hall–Kier alpha value is -2.73. The van der Waals surface area contributed by atoms with Crippen molar-refractivity contribution in [1.29, 1.82) is 0 Å². The van der Waals surface area contributed by atoms with Crippen molar-refractivity contribution >= 4 is 23.7 Å². The van der Waals surface area contributed by atoms with Gasteiger partial charge in [0.2, 0.25) is 0 Å². The predicted octanol–water partition coefficient (Wildman–Crippen LogP) is 3.52. The van der Waals surface area contributed by atoms with Crippen LogP contribution >= 0.6 is 11.6 Å². The van der Waals surface area contributed by atoms with E-state index >= 15 is 0 Å².